The number of amides is 4. The van der Waals surface area contributed by atoms with Gasteiger partial charge in [0.15, 0.2) is 0 Å². The molecular weight excluding hydrogens is 492 g/mol. The first-order valence-corrected chi connectivity index (χ1v) is 13.2. The number of hydrogen-bond acceptors (Lipinski definition) is 4. The van der Waals surface area contributed by atoms with E-state index < -0.39 is 18.1 Å². The van der Waals surface area contributed by atoms with Gasteiger partial charge in [-0.2, -0.15) is 0 Å². The minimum absolute atomic E-state index is 0.263. The van der Waals surface area contributed by atoms with Crippen LogP contribution in [-0.4, -0.2) is 47.4 Å². The lowest BCUT2D eigenvalue weighted by molar-refractivity contribution is -0.120. The van der Waals surface area contributed by atoms with Crippen molar-refractivity contribution in [3.63, 3.8) is 0 Å². The minimum atomic E-state index is -0.705. The van der Waals surface area contributed by atoms with Gasteiger partial charge in [0.05, 0.1) is 18.4 Å². The molecule has 4 aromatic rings. The molecule has 1 saturated heterocycles. The average molecular weight is 523 g/mol. The molecule has 2 aliphatic heterocycles. The van der Waals surface area contributed by atoms with E-state index in [1.54, 1.807) is 36.3 Å². The van der Waals surface area contributed by atoms with E-state index in [0.717, 1.165) is 27.7 Å². The molecule has 2 unspecified atom stereocenters. The predicted octanol–water partition coefficient (Wildman–Crippen LogP) is 5.05. The Labute approximate surface area is 226 Å². The van der Waals surface area contributed by atoms with Gasteiger partial charge in [-0.1, -0.05) is 56.3 Å². The van der Waals surface area contributed by atoms with E-state index >= 15 is 0 Å². The highest BCUT2D eigenvalue weighted by molar-refractivity contribution is 6.24. The summed E-state index contributed by atoms with van der Waals surface area (Å²) in [4.78, 5) is 47.7. The zero-order valence-electron chi connectivity index (χ0n) is 22.1. The number of anilines is 1. The first-order chi connectivity index (χ1) is 18.9. The van der Waals surface area contributed by atoms with Crippen molar-refractivity contribution in [2.45, 2.75) is 32.4 Å². The number of benzene rings is 3. The highest BCUT2D eigenvalue weighted by Crippen LogP contribution is 2.45. The number of para-hydroxylation sites is 2. The van der Waals surface area contributed by atoms with Crippen LogP contribution >= 0.6 is 0 Å². The fourth-order valence-corrected chi connectivity index (χ4v) is 5.68. The van der Waals surface area contributed by atoms with Crippen LogP contribution < -0.4 is 15.0 Å². The molecule has 0 saturated carbocycles. The Hall–Kier alpha value is -4.59. The molecule has 2 atom stereocenters. The summed E-state index contributed by atoms with van der Waals surface area (Å²) < 4.78 is 5.36. The predicted molar refractivity (Wildman–Crippen MR) is 149 cm³/mol. The summed E-state index contributed by atoms with van der Waals surface area (Å²) in [6.45, 7) is 4.51. The number of nitrogens with zero attached hydrogens (tertiary/aromatic N) is 2. The molecule has 3 heterocycles. The van der Waals surface area contributed by atoms with Crippen LogP contribution in [0.4, 0.5) is 10.5 Å². The second-order valence-corrected chi connectivity index (χ2v) is 10.4. The number of rotatable bonds is 6. The summed E-state index contributed by atoms with van der Waals surface area (Å²) in [7, 11) is 1.61. The van der Waals surface area contributed by atoms with Gasteiger partial charge in [-0.25, -0.2) is 9.69 Å². The molecule has 0 spiro atoms. The van der Waals surface area contributed by atoms with Gasteiger partial charge in [-0.15, -0.1) is 0 Å². The van der Waals surface area contributed by atoms with E-state index in [4.69, 9.17) is 4.74 Å². The summed E-state index contributed by atoms with van der Waals surface area (Å²) in [6, 6.07) is 20.7. The van der Waals surface area contributed by atoms with Gasteiger partial charge in [-0.05, 0) is 47.4 Å². The van der Waals surface area contributed by atoms with Crippen molar-refractivity contribution in [2.24, 2.45) is 5.92 Å². The van der Waals surface area contributed by atoms with Crippen LogP contribution in [0, 0.1) is 5.92 Å². The molecule has 6 rings (SSSR count). The van der Waals surface area contributed by atoms with Gasteiger partial charge in [0.1, 0.15) is 17.8 Å². The number of fused-ring (bicyclic) bond motifs is 4. The third-order valence-electron chi connectivity index (χ3n) is 7.54. The maximum atomic E-state index is 14.2. The fourth-order valence-electron chi connectivity index (χ4n) is 5.68. The largest absolute Gasteiger partial charge is 0.497 e. The van der Waals surface area contributed by atoms with Crippen LogP contribution in [0.2, 0.25) is 0 Å². The van der Waals surface area contributed by atoms with Crippen molar-refractivity contribution < 1.29 is 19.1 Å². The van der Waals surface area contributed by atoms with E-state index in [2.05, 4.69) is 10.3 Å². The second kappa shape index (κ2) is 9.62. The summed E-state index contributed by atoms with van der Waals surface area (Å²) in [5.41, 5.74) is 4.34. The van der Waals surface area contributed by atoms with Crippen LogP contribution in [0.3, 0.4) is 0 Å². The van der Waals surface area contributed by atoms with Crippen LogP contribution in [0.25, 0.3) is 10.9 Å². The number of hydrogen-bond donors (Lipinski definition) is 2. The van der Waals surface area contributed by atoms with Crippen molar-refractivity contribution in [3.05, 3.63) is 95.2 Å². The van der Waals surface area contributed by atoms with Crippen molar-refractivity contribution in [3.8, 4) is 5.75 Å². The number of ether oxygens (including phenoxy) is 1. The van der Waals surface area contributed by atoms with Gasteiger partial charge in [0.2, 0.25) is 0 Å². The summed E-state index contributed by atoms with van der Waals surface area (Å²) in [6.07, 6.45) is 0.384. The Bertz CT molecular complexity index is 1590. The van der Waals surface area contributed by atoms with Gasteiger partial charge < -0.3 is 15.0 Å². The molecule has 0 radical (unpaired) electrons. The number of aromatic amines is 1. The Morgan fingerprint density at radius 2 is 1.74 bits per heavy atom. The number of H-pyrrole nitrogens is 1. The number of imide groups is 1. The number of aromatic nitrogens is 1. The molecule has 1 aromatic heterocycles. The number of urea groups is 1. The van der Waals surface area contributed by atoms with Crippen LogP contribution in [0.5, 0.6) is 5.75 Å². The van der Waals surface area contributed by atoms with Crippen molar-refractivity contribution in [1.82, 2.24) is 15.2 Å². The smallest absolute Gasteiger partial charge is 0.332 e. The van der Waals surface area contributed by atoms with Crippen LogP contribution in [0.15, 0.2) is 72.8 Å². The SMILES string of the molecule is COc1ccc(C2c3[nH]c4ccccc4c3CC3C(=O)N(c4ccccc4C(=O)NCC(C)C)C(=O)N32)cc1. The fraction of sp³-hybridized carbons (Fsp3) is 0.258. The van der Waals surface area contributed by atoms with Gasteiger partial charge in [-0.3, -0.25) is 14.5 Å². The van der Waals surface area contributed by atoms with Gasteiger partial charge in [0.25, 0.3) is 11.8 Å². The molecule has 4 amide bonds. The van der Waals surface area contributed by atoms with E-state index in [-0.39, 0.29) is 17.7 Å². The van der Waals surface area contributed by atoms with Crippen molar-refractivity contribution >= 4 is 34.4 Å². The highest BCUT2D eigenvalue weighted by atomic mass is 16.5. The molecule has 0 bridgehead atoms. The molecule has 2 aliphatic rings. The van der Waals surface area contributed by atoms with E-state index in [1.165, 1.54) is 4.90 Å². The quantitative estimate of drug-likeness (QED) is 0.347. The third-order valence-corrected chi connectivity index (χ3v) is 7.54. The highest BCUT2D eigenvalue weighted by Gasteiger charge is 2.53. The monoisotopic (exact) mass is 522 g/mol. The minimum Gasteiger partial charge on any atom is -0.497 e. The standard InChI is InChI=1S/C31H30N4O4/c1-18(2)17-32-29(36)22-9-5-7-11-25(22)35-30(37)26-16-23-21-8-4-6-10-24(21)33-27(23)28(34(26)31(35)38)19-12-14-20(39-3)15-13-19/h4-15,18,26,28,33H,16-17H2,1-3H3,(H,32,36). The topological polar surface area (TPSA) is 94.7 Å². The first-order valence-electron chi connectivity index (χ1n) is 13.2. The average Bonchev–Trinajstić information content (AvgIpc) is 3.44. The van der Waals surface area contributed by atoms with Crippen molar-refractivity contribution in [2.75, 3.05) is 18.6 Å². The maximum Gasteiger partial charge on any atom is 0.332 e. The van der Waals surface area contributed by atoms with E-state index in [0.29, 0.717) is 30.0 Å². The number of carbonyl (C=O) groups excluding carboxylic acids is 3. The lowest BCUT2D eigenvalue weighted by atomic mass is 9.89. The van der Waals surface area contributed by atoms with Gasteiger partial charge >= 0.3 is 6.03 Å². The first kappa shape index (κ1) is 24.7. The summed E-state index contributed by atoms with van der Waals surface area (Å²) in [5, 5.41) is 3.95. The molecular formula is C31H30N4O4. The molecule has 39 heavy (non-hydrogen) atoms. The van der Waals surface area contributed by atoms with Gasteiger partial charge in [0, 0.05) is 29.6 Å². The van der Waals surface area contributed by atoms with Crippen molar-refractivity contribution in [1.29, 1.82) is 0 Å². The molecule has 198 valence electrons. The zero-order chi connectivity index (χ0) is 27.3. The maximum absolute atomic E-state index is 14.2. The molecule has 3 aromatic carbocycles. The Morgan fingerprint density at radius 3 is 2.49 bits per heavy atom. The van der Waals surface area contributed by atoms with E-state index in [9.17, 15) is 14.4 Å². The number of nitrogens with one attached hydrogen (secondary N) is 2. The number of methoxy groups -OCH3 is 1. The molecule has 1 fully saturated rings. The Morgan fingerprint density at radius 1 is 1.03 bits per heavy atom. The Balaban J connectivity index is 1.46. The number of carbonyl (C=O) groups is 3. The zero-order valence-corrected chi connectivity index (χ0v) is 22.1. The van der Waals surface area contributed by atoms with Crippen LogP contribution in [0.1, 0.15) is 47.1 Å². The third kappa shape index (κ3) is 4.03. The molecule has 0 aliphatic carbocycles. The lowest BCUT2D eigenvalue weighted by Crippen LogP contribution is -2.44. The van der Waals surface area contributed by atoms with Crippen LogP contribution in [-0.2, 0) is 11.2 Å². The Kier molecular flexibility index (Phi) is 6.10. The lowest BCUT2D eigenvalue weighted by Gasteiger charge is -2.36. The normalized spacial score (nSPS) is 18.5. The molecule has 8 heteroatoms. The second-order valence-electron chi connectivity index (χ2n) is 10.4. The summed E-state index contributed by atoms with van der Waals surface area (Å²) in [5.74, 6) is 0.320. The summed E-state index contributed by atoms with van der Waals surface area (Å²) >= 11 is 0. The molecule has 2 N–H and O–H groups in total. The van der Waals surface area contributed by atoms with E-state index in [1.807, 2.05) is 62.4 Å². The molecule has 8 nitrogen and oxygen atoms in total.